The molecule has 3 aromatic carbocycles. The minimum absolute atomic E-state index is 0.0215. The number of nitrogens with zero attached hydrogens (tertiary/aromatic N) is 2. The zero-order valence-electron chi connectivity index (χ0n) is 19.4. The number of halogens is 1. The highest BCUT2D eigenvalue weighted by atomic mass is 35.5. The first-order valence-electron chi connectivity index (χ1n) is 11.8. The minimum atomic E-state index is -0.184. The number of amides is 1. The van der Waals surface area contributed by atoms with Crippen LogP contribution in [0.25, 0.3) is 11.3 Å². The smallest absolute Gasteiger partial charge is 0.266 e. The Labute approximate surface area is 210 Å². The monoisotopic (exact) mass is 485 g/mol. The van der Waals surface area contributed by atoms with Crippen LogP contribution < -0.4 is 10.9 Å². The Morgan fingerprint density at radius 1 is 0.857 bits per heavy atom. The van der Waals surface area contributed by atoms with Gasteiger partial charge in [-0.3, -0.25) is 9.59 Å². The van der Waals surface area contributed by atoms with Gasteiger partial charge in [0.15, 0.2) is 0 Å². The molecule has 0 atom stereocenters. The number of carbonyl (C=O) groups excluding carboxylic acids is 1. The highest BCUT2D eigenvalue weighted by molar-refractivity contribution is 6.30. The Morgan fingerprint density at radius 2 is 1.49 bits per heavy atom. The number of hydrogen-bond donors (Lipinski definition) is 1. The van der Waals surface area contributed by atoms with Crippen LogP contribution in [0.2, 0.25) is 5.02 Å². The highest BCUT2D eigenvalue weighted by Gasteiger charge is 2.14. The van der Waals surface area contributed by atoms with E-state index < -0.39 is 0 Å². The van der Waals surface area contributed by atoms with Crippen LogP contribution in [0.15, 0.2) is 102 Å². The van der Waals surface area contributed by atoms with Crippen LogP contribution in [-0.4, -0.2) is 22.2 Å². The molecule has 178 valence electrons. The fraction of sp³-hybridized carbons (Fsp3) is 0.207. The Morgan fingerprint density at radius 3 is 2.11 bits per heavy atom. The summed E-state index contributed by atoms with van der Waals surface area (Å²) in [5.41, 5.74) is 3.86. The second-order valence-electron chi connectivity index (χ2n) is 8.40. The highest BCUT2D eigenvalue weighted by Crippen LogP contribution is 2.27. The molecule has 0 fully saturated rings. The topological polar surface area (TPSA) is 64.0 Å². The molecule has 0 radical (unpaired) electrons. The fourth-order valence-corrected chi connectivity index (χ4v) is 4.24. The molecule has 0 aliphatic rings. The first-order chi connectivity index (χ1) is 17.1. The van der Waals surface area contributed by atoms with Crippen LogP contribution in [0.5, 0.6) is 0 Å². The number of aryl methyl sites for hydroxylation is 1. The standard InChI is InChI=1S/C29H28ClN3O2/c30-25-15-13-24(14-16-25)27-17-18-29(35)33(32-27)21-7-12-28(34)31-20-19-26(22-8-3-1-4-9-22)23-10-5-2-6-11-23/h1-6,8-11,13-18,26H,7,12,19-21H2,(H,31,34). The molecule has 1 N–H and O–H groups in total. The molecular formula is C29H28ClN3O2. The van der Waals surface area contributed by atoms with E-state index >= 15 is 0 Å². The summed E-state index contributed by atoms with van der Waals surface area (Å²) in [5.74, 6) is 0.197. The number of hydrogen-bond acceptors (Lipinski definition) is 3. The Bertz CT molecular complexity index is 1250. The molecule has 1 heterocycles. The number of nitrogens with one attached hydrogen (secondary N) is 1. The van der Waals surface area contributed by atoms with E-state index in [0.717, 1.165) is 12.0 Å². The van der Waals surface area contributed by atoms with Gasteiger partial charge < -0.3 is 5.32 Å². The van der Waals surface area contributed by atoms with Crippen molar-refractivity contribution in [2.75, 3.05) is 6.54 Å². The summed E-state index contributed by atoms with van der Waals surface area (Å²) in [6.45, 7) is 0.960. The van der Waals surface area contributed by atoms with Crippen molar-refractivity contribution < 1.29 is 4.79 Å². The van der Waals surface area contributed by atoms with Gasteiger partial charge in [-0.25, -0.2) is 4.68 Å². The van der Waals surface area contributed by atoms with Gasteiger partial charge in [-0.15, -0.1) is 0 Å². The van der Waals surface area contributed by atoms with E-state index in [-0.39, 0.29) is 17.4 Å². The van der Waals surface area contributed by atoms with Gasteiger partial charge in [0.05, 0.1) is 5.69 Å². The van der Waals surface area contributed by atoms with E-state index in [4.69, 9.17) is 11.6 Å². The average Bonchev–Trinajstić information content (AvgIpc) is 2.89. The van der Waals surface area contributed by atoms with Crippen LogP contribution in [0.1, 0.15) is 36.3 Å². The minimum Gasteiger partial charge on any atom is -0.356 e. The molecule has 0 saturated carbocycles. The molecule has 0 aliphatic carbocycles. The first kappa shape index (κ1) is 24.4. The molecule has 0 unspecified atom stereocenters. The average molecular weight is 486 g/mol. The normalized spacial score (nSPS) is 10.9. The van der Waals surface area contributed by atoms with E-state index in [0.29, 0.717) is 36.6 Å². The molecule has 0 bridgehead atoms. The predicted octanol–water partition coefficient (Wildman–Crippen LogP) is 5.68. The van der Waals surface area contributed by atoms with Crippen molar-refractivity contribution in [2.45, 2.75) is 31.7 Å². The third-order valence-electron chi connectivity index (χ3n) is 5.94. The predicted molar refractivity (Wildman–Crippen MR) is 141 cm³/mol. The summed E-state index contributed by atoms with van der Waals surface area (Å²) in [6, 6.07) is 31.2. The first-order valence-corrected chi connectivity index (χ1v) is 12.2. The van der Waals surface area contributed by atoms with E-state index in [9.17, 15) is 9.59 Å². The van der Waals surface area contributed by atoms with Crippen molar-refractivity contribution in [3.05, 3.63) is 124 Å². The van der Waals surface area contributed by atoms with Crippen LogP contribution >= 0.6 is 11.6 Å². The molecule has 0 aliphatic heterocycles. The molecule has 1 aromatic heterocycles. The maximum atomic E-state index is 12.5. The van der Waals surface area contributed by atoms with Gasteiger partial charge in [0.25, 0.3) is 5.56 Å². The molecule has 0 saturated heterocycles. The van der Waals surface area contributed by atoms with Gasteiger partial charge in [0.1, 0.15) is 0 Å². The SMILES string of the molecule is O=C(CCCn1nc(-c2ccc(Cl)cc2)ccc1=O)NCCC(c1ccccc1)c1ccccc1. The maximum Gasteiger partial charge on any atom is 0.266 e. The Balaban J connectivity index is 1.29. The lowest BCUT2D eigenvalue weighted by Crippen LogP contribution is -2.27. The largest absolute Gasteiger partial charge is 0.356 e. The second kappa shape index (κ2) is 12.1. The third kappa shape index (κ3) is 6.90. The zero-order valence-corrected chi connectivity index (χ0v) is 20.2. The van der Waals surface area contributed by atoms with Crippen LogP contribution in [-0.2, 0) is 11.3 Å². The number of rotatable bonds is 10. The molecule has 0 spiro atoms. The molecule has 4 aromatic rings. The van der Waals surface area contributed by atoms with Crippen molar-refractivity contribution in [2.24, 2.45) is 0 Å². The van der Waals surface area contributed by atoms with Crippen LogP contribution in [0.4, 0.5) is 0 Å². The van der Waals surface area contributed by atoms with Gasteiger partial charge in [0.2, 0.25) is 5.91 Å². The number of aromatic nitrogens is 2. The van der Waals surface area contributed by atoms with Crippen LogP contribution in [0, 0.1) is 0 Å². The molecular weight excluding hydrogens is 458 g/mol. The Hall–Kier alpha value is -3.70. The van der Waals surface area contributed by atoms with E-state index in [1.807, 2.05) is 48.5 Å². The van der Waals surface area contributed by atoms with Crippen molar-refractivity contribution in [1.29, 1.82) is 0 Å². The molecule has 5 nitrogen and oxygen atoms in total. The van der Waals surface area contributed by atoms with Gasteiger partial charge in [-0.1, -0.05) is 84.4 Å². The van der Waals surface area contributed by atoms with Crippen LogP contribution in [0.3, 0.4) is 0 Å². The molecule has 35 heavy (non-hydrogen) atoms. The van der Waals surface area contributed by atoms with Crippen molar-refractivity contribution in [3.8, 4) is 11.3 Å². The number of benzene rings is 3. The number of carbonyl (C=O) groups is 1. The summed E-state index contributed by atoms with van der Waals surface area (Å²) < 4.78 is 1.41. The summed E-state index contributed by atoms with van der Waals surface area (Å²) in [5, 5.41) is 8.13. The molecule has 6 heteroatoms. The van der Waals surface area contributed by atoms with Crippen molar-refractivity contribution in [1.82, 2.24) is 15.1 Å². The maximum absolute atomic E-state index is 12.5. The lowest BCUT2D eigenvalue weighted by molar-refractivity contribution is -0.121. The third-order valence-corrected chi connectivity index (χ3v) is 6.19. The summed E-state index contributed by atoms with van der Waals surface area (Å²) in [7, 11) is 0. The van der Waals surface area contributed by atoms with Gasteiger partial charge in [0, 0.05) is 42.1 Å². The quantitative estimate of drug-likeness (QED) is 0.314. The summed E-state index contributed by atoms with van der Waals surface area (Å²) in [4.78, 5) is 24.7. The van der Waals surface area contributed by atoms with E-state index in [1.54, 1.807) is 18.2 Å². The zero-order chi connectivity index (χ0) is 24.5. The second-order valence-corrected chi connectivity index (χ2v) is 8.84. The fourth-order valence-electron chi connectivity index (χ4n) is 4.11. The molecule has 4 rings (SSSR count). The van der Waals surface area contributed by atoms with Gasteiger partial charge in [-0.2, -0.15) is 5.10 Å². The Kier molecular flexibility index (Phi) is 8.47. The van der Waals surface area contributed by atoms with E-state index in [1.165, 1.54) is 21.9 Å². The summed E-state index contributed by atoms with van der Waals surface area (Å²) in [6.07, 6.45) is 1.67. The summed E-state index contributed by atoms with van der Waals surface area (Å²) >= 11 is 5.96. The van der Waals surface area contributed by atoms with Crippen molar-refractivity contribution in [3.63, 3.8) is 0 Å². The van der Waals surface area contributed by atoms with Gasteiger partial charge >= 0.3 is 0 Å². The van der Waals surface area contributed by atoms with Gasteiger partial charge in [-0.05, 0) is 42.2 Å². The van der Waals surface area contributed by atoms with E-state index in [2.05, 4.69) is 34.7 Å². The lowest BCUT2D eigenvalue weighted by atomic mass is 9.88. The van der Waals surface area contributed by atoms with Crippen molar-refractivity contribution >= 4 is 17.5 Å². The lowest BCUT2D eigenvalue weighted by Gasteiger charge is -2.18. The molecule has 1 amide bonds.